The van der Waals surface area contributed by atoms with Gasteiger partial charge in [0.25, 0.3) is 0 Å². The molecular formula is C31H50O2. The van der Waals surface area contributed by atoms with Crippen LogP contribution >= 0.6 is 0 Å². The summed E-state index contributed by atoms with van der Waals surface area (Å²) in [6.45, 7) is 12.5. The van der Waals surface area contributed by atoms with Crippen molar-refractivity contribution >= 4 is 12.6 Å². The SMILES string of the molecule is CC(C)CCC[C@@H](C)[C@H]1CC[C@H]2[C@@H]3CC=C4C[C@@H](C(C=O)CC=O)CC[C@]4(C)[C@H]3CC[C@]12C. The van der Waals surface area contributed by atoms with Gasteiger partial charge >= 0.3 is 0 Å². The molecule has 0 aromatic heterocycles. The van der Waals surface area contributed by atoms with Gasteiger partial charge in [0.15, 0.2) is 0 Å². The van der Waals surface area contributed by atoms with E-state index in [0.717, 1.165) is 60.9 Å². The van der Waals surface area contributed by atoms with Crippen molar-refractivity contribution in [3.05, 3.63) is 11.6 Å². The molecule has 9 atom stereocenters. The van der Waals surface area contributed by atoms with E-state index in [1.165, 1.54) is 57.8 Å². The Kier molecular flexibility index (Phi) is 7.62. The molecule has 2 heteroatoms. The molecule has 1 unspecified atom stereocenters. The smallest absolute Gasteiger partial charge is 0.123 e. The molecule has 33 heavy (non-hydrogen) atoms. The van der Waals surface area contributed by atoms with Crippen molar-refractivity contribution in [2.75, 3.05) is 0 Å². The van der Waals surface area contributed by atoms with Crippen LogP contribution in [0.5, 0.6) is 0 Å². The molecule has 4 aliphatic carbocycles. The summed E-state index contributed by atoms with van der Waals surface area (Å²) in [4.78, 5) is 22.7. The van der Waals surface area contributed by atoms with Crippen LogP contribution in [-0.4, -0.2) is 12.6 Å². The van der Waals surface area contributed by atoms with Gasteiger partial charge in [-0.05, 0) is 104 Å². The first-order chi connectivity index (χ1) is 15.7. The number of fused-ring (bicyclic) bond motifs is 5. The molecule has 0 aliphatic heterocycles. The molecule has 4 aliphatic rings. The van der Waals surface area contributed by atoms with Gasteiger partial charge in [0.1, 0.15) is 12.6 Å². The van der Waals surface area contributed by atoms with E-state index in [1.807, 2.05) is 0 Å². The van der Waals surface area contributed by atoms with Gasteiger partial charge < -0.3 is 9.59 Å². The number of aldehydes is 2. The lowest BCUT2D eigenvalue weighted by molar-refractivity contribution is -0.117. The minimum atomic E-state index is -0.0758. The van der Waals surface area contributed by atoms with Crippen LogP contribution in [0.15, 0.2) is 11.6 Å². The predicted octanol–water partition coefficient (Wildman–Crippen LogP) is 8.05. The maximum atomic E-state index is 11.6. The van der Waals surface area contributed by atoms with Gasteiger partial charge in [0.2, 0.25) is 0 Å². The van der Waals surface area contributed by atoms with Crippen molar-refractivity contribution in [1.29, 1.82) is 0 Å². The Morgan fingerprint density at radius 2 is 1.79 bits per heavy atom. The van der Waals surface area contributed by atoms with Crippen LogP contribution in [-0.2, 0) is 9.59 Å². The van der Waals surface area contributed by atoms with E-state index in [0.29, 0.717) is 23.2 Å². The summed E-state index contributed by atoms with van der Waals surface area (Å²) in [5, 5.41) is 0. The maximum absolute atomic E-state index is 11.6. The van der Waals surface area contributed by atoms with E-state index in [9.17, 15) is 9.59 Å². The Balaban J connectivity index is 1.47. The lowest BCUT2D eigenvalue weighted by Gasteiger charge is -2.59. The van der Waals surface area contributed by atoms with Crippen molar-refractivity contribution in [2.45, 2.75) is 112 Å². The number of hydrogen-bond donors (Lipinski definition) is 0. The van der Waals surface area contributed by atoms with Crippen LogP contribution in [0.2, 0.25) is 0 Å². The average Bonchev–Trinajstić information content (AvgIpc) is 3.14. The van der Waals surface area contributed by atoms with Crippen LogP contribution < -0.4 is 0 Å². The highest BCUT2D eigenvalue weighted by atomic mass is 16.1. The van der Waals surface area contributed by atoms with Gasteiger partial charge in [-0.2, -0.15) is 0 Å². The van der Waals surface area contributed by atoms with E-state index in [4.69, 9.17) is 0 Å². The van der Waals surface area contributed by atoms with Gasteiger partial charge in [0.05, 0.1) is 0 Å². The zero-order valence-electron chi connectivity index (χ0n) is 22.2. The fourth-order valence-corrected chi connectivity index (χ4v) is 9.55. The third-order valence-electron chi connectivity index (χ3n) is 11.5. The van der Waals surface area contributed by atoms with Crippen molar-refractivity contribution < 1.29 is 9.59 Å². The number of carbonyl (C=O) groups excluding carboxylic acids is 2. The molecule has 0 radical (unpaired) electrons. The summed E-state index contributed by atoms with van der Waals surface area (Å²) >= 11 is 0. The molecule has 0 aromatic carbocycles. The first kappa shape index (κ1) is 25.2. The molecule has 0 bridgehead atoms. The monoisotopic (exact) mass is 454 g/mol. The lowest BCUT2D eigenvalue weighted by Crippen LogP contribution is -2.50. The Morgan fingerprint density at radius 1 is 1.00 bits per heavy atom. The maximum Gasteiger partial charge on any atom is 0.123 e. The van der Waals surface area contributed by atoms with Crippen LogP contribution in [0, 0.1) is 58.2 Å². The molecule has 3 saturated carbocycles. The van der Waals surface area contributed by atoms with Crippen molar-refractivity contribution in [3.63, 3.8) is 0 Å². The first-order valence-corrected chi connectivity index (χ1v) is 14.3. The fraction of sp³-hybridized carbons (Fsp3) is 0.871. The summed E-state index contributed by atoms with van der Waals surface area (Å²) in [5.41, 5.74) is 2.51. The predicted molar refractivity (Wildman–Crippen MR) is 137 cm³/mol. The molecule has 0 aromatic rings. The second kappa shape index (κ2) is 9.98. The van der Waals surface area contributed by atoms with E-state index in [2.05, 4.69) is 40.7 Å². The zero-order chi connectivity index (χ0) is 23.8. The molecule has 3 fully saturated rings. The standard InChI is InChI=1S/C31H50O2/c1-21(2)7-6-8-22(3)27-11-12-28-26-10-9-25-19-23(24(20-33)15-18-32)13-16-30(25,4)29(26)14-17-31(27,28)5/h9,18,20-24,26-29H,6-8,10-17,19H2,1-5H3/t22-,23+,24?,26+,27-,28+,29+,30+,31-/m1/s1. The van der Waals surface area contributed by atoms with E-state index < -0.39 is 0 Å². The van der Waals surface area contributed by atoms with Crippen LogP contribution in [0.3, 0.4) is 0 Å². The fourth-order valence-electron chi connectivity index (χ4n) is 9.55. The molecule has 0 saturated heterocycles. The Labute approximate surface area is 203 Å². The number of rotatable bonds is 9. The summed E-state index contributed by atoms with van der Waals surface area (Å²) < 4.78 is 0. The lowest BCUT2D eigenvalue weighted by atomic mass is 9.46. The second-order valence-corrected chi connectivity index (χ2v) is 13.5. The third kappa shape index (κ3) is 4.54. The molecule has 0 heterocycles. The Bertz CT molecular complexity index is 737. The van der Waals surface area contributed by atoms with Crippen molar-refractivity contribution in [2.24, 2.45) is 58.2 Å². The highest BCUT2D eigenvalue weighted by Gasteiger charge is 2.59. The van der Waals surface area contributed by atoms with Crippen LogP contribution in [0.4, 0.5) is 0 Å². The molecule has 0 amide bonds. The molecule has 2 nitrogen and oxygen atoms in total. The first-order valence-electron chi connectivity index (χ1n) is 14.3. The van der Waals surface area contributed by atoms with Gasteiger partial charge in [-0.1, -0.05) is 65.5 Å². The van der Waals surface area contributed by atoms with E-state index in [1.54, 1.807) is 5.57 Å². The van der Waals surface area contributed by atoms with Crippen LogP contribution in [0.25, 0.3) is 0 Å². The molecule has 0 N–H and O–H groups in total. The quantitative estimate of drug-likeness (QED) is 0.261. The summed E-state index contributed by atoms with van der Waals surface area (Å²) in [5.74, 6) is 5.51. The summed E-state index contributed by atoms with van der Waals surface area (Å²) in [6.07, 6.45) is 19.6. The minimum absolute atomic E-state index is 0.0758. The highest BCUT2D eigenvalue weighted by Crippen LogP contribution is 2.67. The normalized spacial score (nSPS) is 42.0. The Morgan fingerprint density at radius 3 is 2.48 bits per heavy atom. The van der Waals surface area contributed by atoms with Gasteiger partial charge in [-0.3, -0.25) is 0 Å². The van der Waals surface area contributed by atoms with Gasteiger partial charge in [0, 0.05) is 12.3 Å². The second-order valence-electron chi connectivity index (χ2n) is 13.5. The molecule has 186 valence electrons. The Hall–Kier alpha value is -0.920. The van der Waals surface area contributed by atoms with Crippen molar-refractivity contribution in [3.8, 4) is 0 Å². The summed E-state index contributed by atoms with van der Waals surface area (Å²) in [6, 6.07) is 0. The highest BCUT2D eigenvalue weighted by molar-refractivity contribution is 5.62. The molecule has 0 spiro atoms. The average molecular weight is 455 g/mol. The van der Waals surface area contributed by atoms with E-state index in [-0.39, 0.29) is 5.92 Å². The number of allylic oxidation sites excluding steroid dienone is 2. The largest absolute Gasteiger partial charge is 0.303 e. The van der Waals surface area contributed by atoms with Crippen molar-refractivity contribution in [1.82, 2.24) is 0 Å². The topological polar surface area (TPSA) is 34.1 Å². The van der Waals surface area contributed by atoms with Crippen LogP contribution in [0.1, 0.15) is 112 Å². The summed E-state index contributed by atoms with van der Waals surface area (Å²) in [7, 11) is 0. The number of carbonyl (C=O) groups is 2. The number of hydrogen-bond acceptors (Lipinski definition) is 2. The molecular weight excluding hydrogens is 404 g/mol. The third-order valence-corrected chi connectivity index (χ3v) is 11.5. The van der Waals surface area contributed by atoms with Gasteiger partial charge in [-0.15, -0.1) is 0 Å². The molecule has 4 rings (SSSR count). The van der Waals surface area contributed by atoms with E-state index >= 15 is 0 Å². The zero-order valence-corrected chi connectivity index (χ0v) is 22.2. The van der Waals surface area contributed by atoms with Gasteiger partial charge in [-0.25, -0.2) is 0 Å². The minimum Gasteiger partial charge on any atom is -0.303 e.